The molecule has 1 aromatic carbocycles. The summed E-state index contributed by atoms with van der Waals surface area (Å²) in [7, 11) is 0. The number of esters is 1. The number of aromatic nitrogens is 1. The van der Waals surface area contributed by atoms with Crippen molar-refractivity contribution < 1.29 is 23.9 Å². The SMILES string of the molecule is CCNC(=O)[C@H](C)NC(=O)COC(=O)c1ccc(OCc2csc(C)n2)cc1. The highest BCUT2D eigenvalue weighted by atomic mass is 32.1. The molecule has 0 aliphatic carbocycles. The van der Waals surface area contributed by atoms with E-state index in [4.69, 9.17) is 9.47 Å². The van der Waals surface area contributed by atoms with E-state index >= 15 is 0 Å². The first-order chi connectivity index (χ1) is 13.4. The minimum Gasteiger partial charge on any atom is -0.487 e. The van der Waals surface area contributed by atoms with Crippen LogP contribution in [0, 0.1) is 6.92 Å². The van der Waals surface area contributed by atoms with Crippen LogP contribution in [0.1, 0.15) is 34.9 Å². The smallest absolute Gasteiger partial charge is 0.338 e. The van der Waals surface area contributed by atoms with E-state index in [2.05, 4.69) is 15.6 Å². The largest absolute Gasteiger partial charge is 0.487 e. The number of thiazole rings is 1. The highest BCUT2D eigenvalue weighted by Gasteiger charge is 2.16. The fourth-order valence-corrected chi connectivity index (χ4v) is 2.81. The third-order valence-corrected chi connectivity index (χ3v) is 4.42. The highest BCUT2D eigenvalue weighted by molar-refractivity contribution is 7.09. The van der Waals surface area contributed by atoms with Crippen molar-refractivity contribution in [1.82, 2.24) is 15.6 Å². The summed E-state index contributed by atoms with van der Waals surface area (Å²) in [4.78, 5) is 39.7. The summed E-state index contributed by atoms with van der Waals surface area (Å²) in [5.74, 6) is -0.894. The molecule has 0 aliphatic rings. The van der Waals surface area contributed by atoms with Crippen molar-refractivity contribution in [2.24, 2.45) is 0 Å². The topological polar surface area (TPSA) is 107 Å². The first-order valence-corrected chi connectivity index (χ1v) is 9.65. The van der Waals surface area contributed by atoms with Gasteiger partial charge in [0.05, 0.1) is 16.3 Å². The summed E-state index contributed by atoms with van der Waals surface area (Å²) in [6, 6.07) is 5.70. The van der Waals surface area contributed by atoms with Crippen LogP contribution in [0.3, 0.4) is 0 Å². The number of aryl methyl sites for hydroxylation is 1. The summed E-state index contributed by atoms with van der Waals surface area (Å²) in [6.07, 6.45) is 0. The zero-order valence-corrected chi connectivity index (χ0v) is 16.8. The minimum atomic E-state index is -0.705. The van der Waals surface area contributed by atoms with Crippen molar-refractivity contribution in [3.63, 3.8) is 0 Å². The van der Waals surface area contributed by atoms with Crippen molar-refractivity contribution in [1.29, 1.82) is 0 Å². The van der Waals surface area contributed by atoms with Crippen molar-refractivity contribution in [2.75, 3.05) is 13.2 Å². The van der Waals surface area contributed by atoms with Crippen LogP contribution < -0.4 is 15.4 Å². The zero-order chi connectivity index (χ0) is 20.5. The molecule has 0 saturated carbocycles. The average molecular weight is 405 g/mol. The molecule has 1 atom stereocenters. The third kappa shape index (κ3) is 6.66. The van der Waals surface area contributed by atoms with Gasteiger partial charge in [-0.2, -0.15) is 0 Å². The second-order valence-electron chi connectivity index (χ2n) is 5.93. The maximum absolute atomic E-state index is 12.0. The Morgan fingerprint density at radius 3 is 2.54 bits per heavy atom. The minimum absolute atomic E-state index is 0.293. The molecule has 2 N–H and O–H groups in total. The number of nitrogens with zero attached hydrogens (tertiary/aromatic N) is 1. The number of carbonyl (C=O) groups excluding carboxylic acids is 3. The molecule has 0 bridgehead atoms. The van der Waals surface area contributed by atoms with Crippen LogP contribution in [0.2, 0.25) is 0 Å². The fraction of sp³-hybridized carbons (Fsp3) is 0.368. The highest BCUT2D eigenvalue weighted by Crippen LogP contribution is 2.16. The first kappa shape index (κ1) is 21.4. The van der Waals surface area contributed by atoms with Crippen LogP contribution in [0.25, 0.3) is 0 Å². The molecule has 1 heterocycles. The molecule has 2 amide bonds. The predicted octanol–water partition coefficient (Wildman–Crippen LogP) is 1.83. The van der Waals surface area contributed by atoms with Gasteiger partial charge in [0.2, 0.25) is 5.91 Å². The lowest BCUT2D eigenvalue weighted by Gasteiger charge is -2.13. The molecule has 0 spiro atoms. The maximum Gasteiger partial charge on any atom is 0.338 e. The Kier molecular flexibility index (Phi) is 7.94. The van der Waals surface area contributed by atoms with Crippen molar-refractivity contribution in [3.05, 3.63) is 45.9 Å². The number of benzene rings is 1. The number of rotatable bonds is 9. The molecule has 0 fully saturated rings. The van der Waals surface area contributed by atoms with E-state index in [1.165, 1.54) is 0 Å². The third-order valence-electron chi connectivity index (χ3n) is 3.60. The van der Waals surface area contributed by atoms with Crippen molar-refractivity contribution in [3.8, 4) is 5.75 Å². The number of ether oxygens (including phenoxy) is 2. The Balaban J connectivity index is 1.77. The van der Waals surface area contributed by atoms with Gasteiger partial charge in [-0.05, 0) is 45.0 Å². The van der Waals surface area contributed by atoms with E-state index in [1.54, 1.807) is 49.4 Å². The van der Waals surface area contributed by atoms with Crippen LogP contribution in [0.5, 0.6) is 5.75 Å². The molecule has 28 heavy (non-hydrogen) atoms. The Labute approximate surface area is 167 Å². The van der Waals surface area contributed by atoms with Crippen molar-refractivity contribution >= 4 is 29.1 Å². The molecule has 0 unspecified atom stereocenters. The van der Waals surface area contributed by atoms with Crippen LogP contribution in [-0.4, -0.2) is 42.0 Å². The second kappa shape index (κ2) is 10.4. The fourth-order valence-electron chi connectivity index (χ4n) is 2.21. The lowest BCUT2D eigenvalue weighted by atomic mass is 10.2. The molecule has 2 aromatic rings. The molecular weight excluding hydrogens is 382 g/mol. The van der Waals surface area contributed by atoms with Crippen LogP contribution in [-0.2, 0) is 20.9 Å². The van der Waals surface area contributed by atoms with Gasteiger partial charge in [0, 0.05) is 11.9 Å². The van der Waals surface area contributed by atoms with Gasteiger partial charge in [0.25, 0.3) is 5.91 Å². The monoisotopic (exact) mass is 405 g/mol. The summed E-state index contributed by atoms with van der Waals surface area (Å²) in [5, 5.41) is 7.96. The summed E-state index contributed by atoms with van der Waals surface area (Å²) >= 11 is 1.55. The molecule has 8 nitrogen and oxygen atoms in total. The summed E-state index contributed by atoms with van der Waals surface area (Å²) in [5.41, 5.74) is 1.14. The van der Waals surface area contributed by atoms with Crippen LogP contribution >= 0.6 is 11.3 Å². The molecule has 1 aromatic heterocycles. The number of carbonyl (C=O) groups is 3. The number of likely N-dealkylation sites (N-methyl/N-ethyl adjacent to an activating group) is 1. The Bertz CT molecular complexity index is 819. The zero-order valence-electron chi connectivity index (χ0n) is 16.0. The van der Waals surface area contributed by atoms with E-state index in [9.17, 15) is 14.4 Å². The number of hydrogen-bond donors (Lipinski definition) is 2. The van der Waals surface area contributed by atoms with E-state index in [1.807, 2.05) is 12.3 Å². The molecule has 9 heteroatoms. The van der Waals surface area contributed by atoms with Gasteiger partial charge in [-0.3, -0.25) is 9.59 Å². The van der Waals surface area contributed by atoms with Gasteiger partial charge < -0.3 is 20.1 Å². The number of nitrogens with one attached hydrogen (secondary N) is 2. The first-order valence-electron chi connectivity index (χ1n) is 8.77. The second-order valence-corrected chi connectivity index (χ2v) is 6.99. The molecule has 150 valence electrons. The van der Waals surface area contributed by atoms with E-state index in [-0.39, 0.29) is 5.91 Å². The lowest BCUT2D eigenvalue weighted by molar-refractivity contribution is -0.130. The number of amides is 2. The van der Waals surface area contributed by atoms with Gasteiger partial charge in [-0.25, -0.2) is 9.78 Å². The molecular formula is C19H23N3O5S. The van der Waals surface area contributed by atoms with E-state index < -0.39 is 24.5 Å². The predicted molar refractivity (Wildman–Crippen MR) is 104 cm³/mol. The average Bonchev–Trinajstić information content (AvgIpc) is 3.10. The van der Waals surface area contributed by atoms with Gasteiger partial charge in [-0.1, -0.05) is 0 Å². The Hall–Kier alpha value is -2.94. The number of hydrogen-bond acceptors (Lipinski definition) is 7. The van der Waals surface area contributed by atoms with E-state index in [0.717, 1.165) is 10.7 Å². The molecule has 0 radical (unpaired) electrons. The summed E-state index contributed by atoms with van der Waals surface area (Å²) < 4.78 is 10.6. The van der Waals surface area contributed by atoms with Crippen molar-refractivity contribution in [2.45, 2.75) is 33.4 Å². The van der Waals surface area contributed by atoms with E-state index in [0.29, 0.717) is 24.5 Å². The molecule has 0 saturated heterocycles. The van der Waals surface area contributed by atoms with Crippen LogP contribution in [0.15, 0.2) is 29.6 Å². The van der Waals surface area contributed by atoms with Gasteiger partial charge in [-0.15, -0.1) is 11.3 Å². The van der Waals surface area contributed by atoms with Gasteiger partial charge >= 0.3 is 5.97 Å². The lowest BCUT2D eigenvalue weighted by Crippen LogP contribution is -2.46. The summed E-state index contributed by atoms with van der Waals surface area (Å²) in [6.45, 7) is 5.61. The Morgan fingerprint density at radius 1 is 1.21 bits per heavy atom. The van der Waals surface area contributed by atoms with Gasteiger partial charge in [0.15, 0.2) is 6.61 Å². The molecule has 2 rings (SSSR count). The van der Waals surface area contributed by atoms with Gasteiger partial charge in [0.1, 0.15) is 18.4 Å². The normalized spacial score (nSPS) is 11.4. The standard InChI is InChI=1S/C19H23N3O5S/c1-4-20-18(24)12(2)21-17(23)10-27-19(25)14-5-7-16(8-6-14)26-9-15-11-28-13(3)22-15/h5-8,11-12H,4,9-10H2,1-3H3,(H,20,24)(H,21,23)/t12-/m0/s1. The molecule has 0 aliphatic heterocycles. The quantitative estimate of drug-likeness (QED) is 0.617. The maximum atomic E-state index is 12.0. The van der Waals surface area contributed by atoms with Crippen LogP contribution in [0.4, 0.5) is 0 Å². The Morgan fingerprint density at radius 2 is 1.93 bits per heavy atom.